The summed E-state index contributed by atoms with van der Waals surface area (Å²) in [6, 6.07) is 3.39. The highest BCUT2D eigenvalue weighted by atomic mass is 16.5. The molecule has 0 aromatic carbocycles. The summed E-state index contributed by atoms with van der Waals surface area (Å²) in [5.41, 5.74) is 0. The largest absolute Gasteiger partial charge is 0.364 e. The fourth-order valence-electron chi connectivity index (χ4n) is 4.91. The Morgan fingerprint density at radius 1 is 0.333 bits per heavy atom. The molecule has 63 heavy (non-hydrogen) atoms. The van der Waals surface area contributed by atoms with E-state index >= 15 is 0 Å². The lowest BCUT2D eigenvalue weighted by molar-refractivity contribution is 0.0761. The van der Waals surface area contributed by atoms with Crippen LogP contribution in [0.25, 0.3) is 0 Å². The van der Waals surface area contributed by atoms with Gasteiger partial charge in [-0.1, -0.05) is 35.5 Å². The van der Waals surface area contributed by atoms with Gasteiger partial charge in [-0.25, -0.2) is 0 Å². The molecule has 0 radical (unpaired) electrons. The molecule has 0 saturated heterocycles. The topological polar surface area (TPSA) is 173 Å². The summed E-state index contributed by atoms with van der Waals surface area (Å²) in [4.78, 5) is 29.3. The maximum atomic E-state index is 6.33. The Morgan fingerprint density at radius 2 is 0.540 bits per heavy atom. The molecule has 0 amide bonds. The van der Waals surface area contributed by atoms with Crippen LogP contribution in [0.4, 0.5) is 35.2 Å². The molecular formula is C42H56N10O11. The molecule has 2 aromatic rings. The highest BCUT2D eigenvalue weighted by Gasteiger charge is 2.23. The lowest BCUT2D eigenvalue weighted by atomic mass is 10.4. The Balaban J connectivity index is 2.71. The van der Waals surface area contributed by atoms with Gasteiger partial charge in [0.1, 0.15) is 144 Å². The number of ether oxygens (including phenoxy) is 11. The normalized spacial score (nSPS) is 10.4. The van der Waals surface area contributed by atoms with Crippen molar-refractivity contribution < 1.29 is 52.1 Å². The summed E-state index contributed by atoms with van der Waals surface area (Å²) in [5, 5.41) is 0. The van der Waals surface area contributed by atoms with Crippen LogP contribution < -0.4 is 29.4 Å². The van der Waals surface area contributed by atoms with E-state index in [9.17, 15) is 0 Å². The number of anilines is 6. The van der Waals surface area contributed by atoms with Gasteiger partial charge >= 0.3 is 0 Å². The van der Waals surface area contributed by atoms with E-state index in [4.69, 9.17) is 111 Å². The first-order valence-corrected chi connectivity index (χ1v) is 18.8. The molecule has 2 heterocycles. The molecule has 0 fully saturated rings. The molecule has 0 bridgehead atoms. The molecule has 0 saturated carbocycles. The van der Waals surface area contributed by atoms with Crippen molar-refractivity contribution in [3.63, 3.8) is 0 Å². The van der Waals surface area contributed by atoms with Crippen molar-refractivity contribution in [3.8, 4) is 74.1 Å². The molecule has 0 unspecified atom stereocenters. The maximum Gasteiger partial charge on any atom is 0.233 e. The Hall–Kier alpha value is -6.12. The molecule has 0 aliphatic rings. The second-order valence-electron chi connectivity index (χ2n) is 12.2. The lowest BCUT2D eigenvalue weighted by Crippen LogP contribution is -2.38. The van der Waals surface area contributed by atoms with Crippen LogP contribution in [0.5, 0.6) is 0 Å². The van der Waals surface area contributed by atoms with Crippen LogP contribution in [-0.4, -0.2) is 169 Å². The van der Waals surface area contributed by atoms with Crippen molar-refractivity contribution in [1.29, 1.82) is 0 Å². The van der Waals surface area contributed by atoms with Crippen LogP contribution in [-0.2, 0) is 52.1 Å². The number of terminal acetylenes is 6. The van der Waals surface area contributed by atoms with Gasteiger partial charge in [-0.15, -0.1) is 38.5 Å². The van der Waals surface area contributed by atoms with E-state index in [1.807, 2.05) is 0 Å². The van der Waals surface area contributed by atoms with Gasteiger partial charge < -0.3 is 71.7 Å². The minimum absolute atomic E-state index is 0.0270. The first-order valence-electron chi connectivity index (χ1n) is 18.8. The van der Waals surface area contributed by atoms with Gasteiger partial charge in [-0.05, 0) is 0 Å². The van der Waals surface area contributed by atoms with Crippen LogP contribution in [0.2, 0.25) is 0 Å². The molecule has 0 aliphatic heterocycles. The van der Waals surface area contributed by atoms with E-state index in [0.29, 0.717) is 23.3 Å². The third-order valence-electron chi connectivity index (χ3n) is 7.47. The van der Waals surface area contributed by atoms with E-state index in [0.717, 1.165) is 0 Å². The van der Waals surface area contributed by atoms with Crippen LogP contribution in [0.3, 0.4) is 0 Å². The van der Waals surface area contributed by atoms with Crippen molar-refractivity contribution in [3.05, 3.63) is 12.1 Å². The summed E-state index contributed by atoms with van der Waals surface area (Å²) in [7, 11) is 6.12. The molecule has 2 aromatic heterocycles. The fourth-order valence-corrected chi connectivity index (χ4v) is 4.91. The van der Waals surface area contributed by atoms with Crippen LogP contribution in [0, 0.1) is 74.1 Å². The summed E-state index contributed by atoms with van der Waals surface area (Å²) in [5.74, 6) is 16.6. The standard InChI is InChI=1S/C42H56N10O11/c1-11-17-57-29-47(25-53-7)37-23-38(48(26-54-8)30-58-18-12-2)44-41(43-37)51(33-61-21-15-5)35-63-36-52(34-62-22-16-6)42-45-39(49(27-55-9)31-59-19-13-3)24-40(46-42)50(28-56-10)32-60-20-14-4/h1-6,23-24H,17-22,25-36H2,7-10H3. The Labute approximate surface area is 371 Å². The van der Waals surface area contributed by atoms with Crippen LogP contribution in [0.1, 0.15) is 0 Å². The summed E-state index contributed by atoms with van der Waals surface area (Å²) < 4.78 is 62.3. The predicted octanol–water partition coefficient (Wildman–Crippen LogP) is 0.796. The zero-order chi connectivity index (χ0) is 45.9. The van der Waals surface area contributed by atoms with Crippen molar-refractivity contribution >= 4 is 35.2 Å². The Morgan fingerprint density at radius 3 is 0.746 bits per heavy atom. The van der Waals surface area contributed by atoms with Gasteiger partial charge in [-0.3, -0.25) is 9.80 Å². The van der Waals surface area contributed by atoms with E-state index in [2.05, 4.69) is 35.5 Å². The summed E-state index contributed by atoms with van der Waals surface area (Å²) in [6.45, 7) is -0.0412. The number of aromatic nitrogens is 4. The number of rotatable bonds is 36. The third-order valence-corrected chi connectivity index (χ3v) is 7.47. The van der Waals surface area contributed by atoms with Gasteiger partial charge in [0, 0.05) is 40.6 Å². The van der Waals surface area contributed by atoms with Crippen molar-refractivity contribution in [2.45, 2.75) is 0 Å². The first kappa shape index (κ1) is 53.0. The Kier molecular flexibility index (Phi) is 28.2. The monoisotopic (exact) mass is 876 g/mol. The van der Waals surface area contributed by atoms with Gasteiger partial charge in [0.2, 0.25) is 11.9 Å². The molecule has 2 rings (SSSR count). The van der Waals surface area contributed by atoms with Gasteiger partial charge in [0.15, 0.2) is 0 Å². The van der Waals surface area contributed by atoms with Crippen LogP contribution in [0.15, 0.2) is 12.1 Å². The van der Waals surface area contributed by atoms with Crippen molar-refractivity contribution in [2.75, 3.05) is 178 Å². The quantitative estimate of drug-likeness (QED) is 0.0534. The number of methoxy groups -OCH3 is 4. The molecular weight excluding hydrogens is 821 g/mol. The molecule has 0 atom stereocenters. The molecule has 0 aliphatic carbocycles. The molecule has 0 N–H and O–H groups in total. The second-order valence-corrected chi connectivity index (χ2v) is 12.2. The second kappa shape index (κ2) is 33.5. The van der Waals surface area contributed by atoms with Crippen molar-refractivity contribution in [2.24, 2.45) is 0 Å². The predicted molar refractivity (Wildman–Crippen MR) is 235 cm³/mol. The minimum Gasteiger partial charge on any atom is -0.364 e. The molecule has 340 valence electrons. The molecule has 21 heteroatoms. The van der Waals surface area contributed by atoms with Gasteiger partial charge in [-0.2, -0.15) is 19.9 Å². The number of nitrogens with zero attached hydrogens (tertiary/aromatic N) is 10. The average molecular weight is 877 g/mol. The van der Waals surface area contributed by atoms with E-state index < -0.39 is 0 Å². The Bertz CT molecular complexity index is 1630. The van der Waals surface area contributed by atoms with E-state index in [-0.39, 0.29) is 132 Å². The molecule has 0 spiro atoms. The smallest absolute Gasteiger partial charge is 0.233 e. The molecule has 21 nitrogen and oxygen atoms in total. The van der Waals surface area contributed by atoms with E-state index in [1.165, 1.54) is 28.4 Å². The first-order chi connectivity index (χ1) is 30.9. The zero-order valence-corrected chi connectivity index (χ0v) is 36.3. The van der Waals surface area contributed by atoms with Crippen molar-refractivity contribution in [1.82, 2.24) is 19.9 Å². The fraction of sp³-hybridized carbons (Fsp3) is 0.524. The number of hydrogen-bond donors (Lipinski definition) is 0. The highest BCUT2D eigenvalue weighted by molar-refractivity contribution is 5.56. The number of hydrogen-bond acceptors (Lipinski definition) is 21. The lowest BCUT2D eigenvalue weighted by Gasteiger charge is -2.30. The summed E-state index contributed by atoms with van der Waals surface area (Å²) >= 11 is 0. The van der Waals surface area contributed by atoms with Crippen LogP contribution >= 0.6 is 0 Å². The maximum absolute atomic E-state index is 6.33. The SMILES string of the molecule is C#CCOCN(COC)c1cc(N(COC)COCC#C)nc(N(COCC#C)COCN(COCC#C)c2nc(N(COC)COCC#C)cc(N(COC)COCC#C)n2)n1. The minimum atomic E-state index is -0.174. The van der Waals surface area contributed by atoms with Gasteiger partial charge in [0.25, 0.3) is 0 Å². The van der Waals surface area contributed by atoms with E-state index in [1.54, 1.807) is 41.5 Å². The van der Waals surface area contributed by atoms with Gasteiger partial charge in [0.05, 0.1) is 0 Å². The average Bonchev–Trinajstić information content (AvgIpc) is 3.29. The zero-order valence-electron chi connectivity index (χ0n) is 36.3. The highest BCUT2D eigenvalue weighted by Crippen LogP contribution is 2.26. The third kappa shape index (κ3) is 20.1. The summed E-state index contributed by atoms with van der Waals surface area (Å²) in [6.07, 6.45) is 32.9.